The number of nitrogens with one attached hydrogen (secondary N) is 1. The number of nitrogens with zero attached hydrogens (tertiary/aromatic N) is 3. The Hall–Kier alpha value is -1.87. The second-order valence-electron chi connectivity index (χ2n) is 6.17. The minimum atomic E-state index is -0.332. The van der Waals surface area contributed by atoms with Crippen LogP contribution >= 0.6 is 50.9 Å². The summed E-state index contributed by atoms with van der Waals surface area (Å²) in [5, 5.41) is 12.5. The number of rotatable bonds is 8. The van der Waals surface area contributed by atoms with Gasteiger partial charge in [-0.15, -0.1) is 10.2 Å². The van der Waals surface area contributed by atoms with Crippen molar-refractivity contribution in [1.82, 2.24) is 20.1 Å². The van der Waals surface area contributed by atoms with E-state index in [1.165, 1.54) is 17.8 Å². The second-order valence-corrected chi connectivity index (χ2v) is 8.87. The smallest absolute Gasteiger partial charge is 0.253 e. The number of carbonyl (C=O) groups excluding carboxylic acids is 2. The molecule has 1 heterocycles. The highest BCUT2D eigenvalue weighted by Gasteiger charge is 2.16. The van der Waals surface area contributed by atoms with Crippen molar-refractivity contribution in [2.45, 2.75) is 25.2 Å². The third-order valence-corrected chi connectivity index (χ3v) is 6.23. The highest BCUT2D eigenvalue weighted by molar-refractivity contribution is 9.10. The molecule has 0 atom stereocenters. The average molecular weight is 528 g/mol. The van der Waals surface area contributed by atoms with E-state index in [2.05, 4.69) is 31.4 Å². The predicted octanol–water partition coefficient (Wildman–Crippen LogP) is 5.27. The number of benzene rings is 2. The highest BCUT2D eigenvalue weighted by Crippen LogP contribution is 2.22. The molecule has 1 aromatic heterocycles. The van der Waals surface area contributed by atoms with Crippen LogP contribution in [0.15, 0.2) is 52.1 Å². The zero-order chi connectivity index (χ0) is 21.7. The molecule has 0 bridgehead atoms. The van der Waals surface area contributed by atoms with Gasteiger partial charge < -0.3 is 9.88 Å². The first-order valence-corrected chi connectivity index (χ1v) is 11.5. The molecule has 0 fully saturated rings. The summed E-state index contributed by atoms with van der Waals surface area (Å²) in [6.45, 7) is 2.74. The summed E-state index contributed by atoms with van der Waals surface area (Å²) in [7, 11) is 0. The number of carbonyl (C=O) groups is 2. The Morgan fingerprint density at radius 3 is 2.53 bits per heavy atom. The average Bonchev–Trinajstić information content (AvgIpc) is 3.12. The number of halogens is 3. The van der Waals surface area contributed by atoms with Crippen molar-refractivity contribution in [3.63, 3.8) is 0 Å². The van der Waals surface area contributed by atoms with Gasteiger partial charge in [-0.1, -0.05) is 63.0 Å². The fourth-order valence-corrected chi connectivity index (χ4v) is 4.33. The van der Waals surface area contributed by atoms with E-state index in [0.29, 0.717) is 33.7 Å². The third-order valence-electron chi connectivity index (χ3n) is 4.19. The summed E-state index contributed by atoms with van der Waals surface area (Å²) in [6.07, 6.45) is 0. The molecule has 3 rings (SSSR count). The van der Waals surface area contributed by atoms with E-state index in [9.17, 15) is 9.59 Å². The Morgan fingerprint density at radius 1 is 1.13 bits per heavy atom. The molecule has 2 aromatic carbocycles. The Bertz CT molecular complexity index is 1070. The van der Waals surface area contributed by atoms with Crippen LogP contribution in [0.5, 0.6) is 0 Å². The number of hydrogen-bond acceptors (Lipinski definition) is 5. The first-order valence-electron chi connectivity index (χ1n) is 8.96. The van der Waals surface area contributed by atoms with Gasteiger partial charge >= 0.3 is 0 Å². The number of Topliss-reactive ketones (excluding diaryl/α,β-unsaturated/α-hetero) is 1. The van der Waals surface area contributed by atoms with E-state index in [0.717, 1.165) is 4.47 Å². The highest BCUT2D eigenvalue weighted by atomic mass is 79.9. The predicted molar refractivity (Wildman–Crippen MR) is 123 cm³/mol. The van der Waals surface area contributed by atoms with Gasteiger partial charge in [0.2, 0.25) is 0 Å². The maximum absolute atomic E-state index is 12.4. The minimum Gasteiger partial charge on any atom is -0.345 e. The van der Waals surface area contributed by atoms with E-state index >= 15 is 0 Å². The van der Waals surface area contributed by atoms with E-state index < -0.39 is 0 Å². The van der Waals surface area contributed by atoms with Crippen molar-refractivity contribution in [2.24, 2.45) is 0 Å². The van der Waals surface area contributed by atoms with Crippen LogP contribution in [0.3, 0.4) is 0 Å². The Labute approximate surface area is 196 Å². The van der Waals surface area contributed by atoms with Crippen LogP contribution < -0.4 is 5.32 Å². The van der Waals surface area contributed by atoms with E-state index in [4.69, 9.17) is 23.2 Å². The Balaban J connectivity index is 1.63. The minimum absolute atomic E-state index is 0.00499. The molecule has 6 nitrogen and oxygen atoms in total. The van der Waals surface area contributed by atoms with Crippen molar-refractivity contribution < 1.29 is 9.59 Å². The van der Waals surface area contributed by atoms with Gasteiger partial charge in [0.05, 0.1) is 22.9 Å². The third kappa shape index (κ3) is 5.63. The van der Waals surface area contributed by atoms with E-state index in [1.54, 1.807) is 24.3 Å². The van der Waals surface area contributed by atoms with Gasteiger partial charge in [0.25, 0.3) is 5.91 Å². The fraction of sp³-hybridized carbons (Fsp3) is 0.200. The van der Waals surface area contributed by atoms with Crippen LogP contribution in [0, 0.1) is 0 Å². The zero-order valence-corrected chi connectivity index (χ0v) is 19.8. The molecule has 30 heavy (non-hydrogen) atoms. The lowest BCUT2D eigenvalue weighted by Crippen LogP contribution is -2.25. The van der Waals surface area contributed by atoms with Crippen molar-refractivity contribution >= 4 is 62.6 Å². The molecule has 1 amide bonds. The van der Waals surface area contributed by atoms with Crippen LogP contribution in [-0.2, 0) is 13.1 Å². The molecule has 0 aliphatic heterocycles. The first-order chi connectivity index (χ1) is 14.4. The van der Waals surface area contributed by atoms with Gasteiger partial charge in [-0.3, -0.25) is 9.59 Å². The molecule has 3 aromatic rings. The Morgan fingerprint density at radius 2 is 1.87 bits per heavy atom. The van der Waals surface area contributed by atoms with Crippen LogP contribution in [0.1, 0.15) is 33.5 Å². The normalized spacial score (nSPS) is 10.8. The fourth-order valence-electron chi connectivity index (χ4n) is 2.65. The molecule has 1 N–H and O–H groups in total. The number of aromatic nitrogens is 3. The topological polar surface area (TPSA) is 76.9 Å². The molecule has 10 heteroatoms. The molecule has 0 saturated carbocycles. The molecule has 0 spiro atoms. The van der Waals surface area contributed by atoms with Gasteiger partial charge in [0, 0.05) is 21.6 Å². The van der Waals surface area contributed by atoms with Gasteiger partial charge in [-0.05, 0) is 37.3 Å². The maximum Gasteiger partial charge on any atom is 0.253 e. The second kappa shape index (κ2) is 10.4. The molecule has 0 saturated heterocycles. The molecule has 0 unspecified atom stereocenters. The standard InChI is InChI=1S/C20H17BrCl2N4O2S/c1-2-27-18(10-24-19(29)15-8-7-14(22)9-16(15)23)25-26-20(27)30-11-17(28)12-3-5-13(21)6-4-12/h3-9H,2,10-11H2,1H3,(H,24,29). The van der Waals surface area contributed by atoms with Crippen LogP contribution in [0.2, 0.25) is 10.0 Å². The van der Waals surface area contributed by atoms with Crippen LogP contribution in [0.25, 0.3) is 0 Å². The van der Waals surface area contributed by atoms with Crippen molar-refractivity contribution in [3.8, 4) is 0 Å². The SMILES string of the molecule is CCn1c(CNC(=O)c2ccc(Cl)cc2Cl)nnc1SCC(=O)c1ccc(Br)cc1. The number of ketones is 1. The van der Waals surface area contributed by atoms with Gasteiger partial charge in [0.15, 0.2) is 16.8 Å². The lowest BCUT2D eigenvalue weighted by atomic mass is 10.2. The maximum atomic E-state index is 12.4. The summed E-state index contributed by atoms with van der Waals surface area (Å²) in [5.74, 6) is 0.508. The summed E-state index contributed by atoms with van der Waals surface area (Å²) < 4.78 is 2.78. The monoisotopic (exact) mass is 526 g/mol. The van der Waals surface area contributed by atoms with E-state index in [-0.39, 0.29) is 29.0 Å². The van der Waals surface area contributed by atoms with Gasteiger partial charge in [-0.2, -0.15) is 0 Å². The summed E-state index contributed by atoms with van der Waals surface area (Å²) in [5.41, 5.74) is 0.971. The molecule has 0 aliphatic carbocycles. The molecule has 0 radical (unpaired) electrons. The van der Waals surface area contributed by atoms with Crippen molar-refractivity contribution in [1.29, 1.82) is 0 Å². The molecule has 156 valence electrons. The quantitative estimate of drug-likeness (QED) is 0.319. The lowest BCUT2D eigenvalue weighted by Gasteiger charge is -2.09. The van der Waals surface area contributed by atoms with Crippen molar-refractivity contribution in [2.75, 3.05) is 5.75 Å². The largest absolute Gasteiger partial charge is 0.345 e. The van der Waals surface area contributed by atoms with Gasteiger partial charge in [-0.25, -0.2) is 0 Å². The molecule has 0 aliphatic rings. The van der Waals surface area contributed by atoms with E-state index in [1.807, 2.05) is 23.6 Å². The van der Waals surface area contributed by atoms with Crippen LogP contribution in [-0.4, -0.2) is 32.2 Å². The zero-order valence-electron chi connectivity index (χ0n) is 15.9. The summed E-state index contributed by atoms with van der Waals surface area (Å²) in [4.78, 5) is 24.8. The molecular weight excluding hydrogens is 511 g/mol. The lowest BCUT2D eigenvalue weighted by molar-refractivity contribution is 0.0948. The number of amides is 1. The summed E-state index contributed by atoms with van der Waals surface area (Å²) in [6, 6.07) is 11.9. The van der Waals surface area contributed by atoms with Gasteiger partial charge in [0.1, 0.15) is 0 Å². The summed E-state index contributed by atoms with van der Waals surface area (Å²) >= 11 is 16.6. The Kier molecular flexibility index (Phi) is 7.93. The number of hydrogen-bond donors (Lipinski definition) is 1. The first kappa shape index (κ1) is 22.8. The van der Waals surface area contributed by atoms with Crippen molar-refractivity contribution in [3.05, 3.63) is 73.9 Å². The number of thioether (sulfide) groups is 1. The van der Waals surface area contributed by atoms with Crippen LogP contribution in [0.4, 0.5) is 0 Å². The molecular formula is C20H17BrCl2N4O2S.